The summed E-state index contributed by atoms with van der Waals surface area (Å²) in [4.78, 5) is 6.77. The average Bonchev–Trinajstić information content (AvgIpc) is 2.46. The molecule has 2 heterocycles. The minimum atomic E-state index is 0.650. The third kappa shape index (κ3) is 3.98. The summed E-state index contributed by atoms with van der Waals surface area (Å²) in [6.45, 7) is 8.34. The molecule has 3 nitrogen and oxygen atoms in total. The first-order chi connectivity index (χ1) is 9.19. The number of aromatic nitrogens is 1. The lowest BCUT2D eigenvalue weighted by molar-refractivity contribution is 0.358. The summed E-state index contributed by atoms with van der Waals surface area (Å²) >= 11 is 0. The van der Waals surface area contributed by atoms with Crippen molar-refractivity contribution in [1.82, 2.24) is 4.98 Å². The van der Waals surface area contributed by atoms with Gasteiger partial charge in [0.2, 0.25) is 0 Å². The van der Waals surface area contributed by atoms with E-state index in [1.165, 1.54) is 25.7 Å². The Bertz CT molecular complexity index is 391. The number of hydrogen-bond donors (Lipinski definition) is 1. The zero-order valence-corrected chi connectivity index (χ0v) is 11.9. The van der Waals surface area contributed by atoms with E-state index in [9.17, 15) is 0 Å². The lowest BCUT2D eigenvalue weighted by atomic mass is 9.89. The second kappa shape index (κ2) is 6.60. The number of rotatable bonds is 5. The van der Waals surface area contributed by atoms with Gasteiger partial charge in [0.1, 0.15) is 5.82 Å². The minimum absolute atomic E-state index is 0.650. The van der Waals surface area contributed by atoms with Crippen LogP contribution < -0.4 is 10.6 Å². The molecule has 0 spiro atoms. The summed E-state index contributed by atoms with van der Waals surface area (Å²) in [6.07, 6.45) is 8.96. The molecule has 1 fully saturated rings. The fourth-order valence-corrected chi connectivity index (χ4v) is 2.65. The summed E-state index contributed by atoms with van der Waals surface area (Å²) in [5, 5.41) is 0. The van der Waals surface area contributed by atoms with Crippen molar-refractivity contribution in [2.75, 3.05) is 23.7 Å². The fourth-order valence-electron chi connectivity index (χ4n) is 2.65. The number of nitrogen functional groups attached to an aromatic ring is 1. The van der Waals surface area contributed by atoms with Gasteiger partial charge in [-0.25, -0.2) is 4.98 Å². The van der Waals surface area contributed by atoms with Crippen LogP contribution in [0.1, 0.15) is 32.6 Å². The lowest BCUT2D eigenvalue weighted by Gasteiger charge is -2.33. The standard InChI is InChI=1S/C16H25N3/c1-3-13(2)4-5-14-8-10-19(11-9-14)16-7-6-15(17)12-18-16/h3,6-7,12-14H,1,4-5,8-11,17H2,2H3. The van der Waals surface area contributed by atoms with Crippen LogP contribution in [-0.4, -0.2) is 18.1 Å². The highest BCUT2D eigenvalue weighted by Crippen LogP contribution is 2.26. The first-order valence-corrected chi connectivity index (χ1v) is 7.28. The number of hydrogen-bond acceptors (Lipinski definition) is 3. The molecular weight excluding hydrogens is 234 g/mol. The minimum Gasteiger partial charge on any atom is -0.397 e. The molecule has 1 saturated heterocycles. The molecule has 2 rings (SSSR count). The van der Waals surface area contributed by atoms with Gasteiger partial charge in [0.25, 0.3) is 0 Å². The fraction of sp³-hybridized carbons (Fsp3) is 0.562. The van der Waals surface area contributed by atoms with Crippen LogP contribution in [0.15, 0.2) is 31.0 Å². The Morgan fingerprint density at radius 3 is 2.79 bits per heavy atom. The number of allylic oxidation sites excluding steroid dienone is 1. The molecular formula is C16H25N3. The molecule has 19 heavy (non-hydrogen) atoms. The van der Waals surface area contributed by atoms with Gasteiger partial charge in [-0.15, -0.1) is 6.58 Å². The van der Waals surface area contributed by atoms with Crippen molar-refractivity contribution < 1.29 is 0 Å². The highest BCUT2D eigenvalue weighted by Gasteiger charge is 2.20. The van der Waals surface area contributed by atoms with Crippen LogP contribution in [0.5, 0.6) is 0 Å². The van der Waals surface area contributed by atoms with Gasteiger partial charge in [-0.1, -0.05) is 13.0 Å². The molecule has 0 aromatic carbocycles. The number of anilines is 2. The molecule has 0 radical (unpaired) electrons. The second-order valence-electron chi connectivity index (χ2n) is 5.67. The Labute approximate surface area is 116 Å². The third-order valence-corrected chi connectivity index (χ3v) is 4.14. The van der Waals surface area contributed by atoms with Crippen molar-refractivity contribution in [3.8, 4) is 0 Å². The van der Waals surface area contributed by atoms with Crippen LogP contribution in [0.4, 0.5) is 11.5 Å². The molecule has 0 saturated carbocycles. The molecule has 2 N–H and O–H groups in total. The topological polar surface area (TPSA) is 42.1 Å². The SMILES string of the molecule is C=CC(C)CCC1CCN(c2ccc(N)cn2)CC1. The smallest absolute Gasteiger partial charge is 0.128 e. The van der Waals surface area contributed by atoms with Crippen LogP contribution >= 0.6 is 0 Å². The summed E-state index contributed by atoms with van der Waals surface area (Å²) in [7, 11) is 0. The maximum absolute atomic E-state index is 5.67. The second-order valence-corrected chi connectivity index (χ2v) is 5.67. The Morgan fingerprint density at radius 2 is 2.21 bits per heavy atom. The van der Waals surface area contributed by atoms with Crippen molar-refractivity contribution in [3.05, 3.63) is 31.0 Å². The highest BCUT2D eigenvalue weighted by molar-refractivity contribution is 5.45. The first-order valence-electron chi connectivity index (χ1n) is 7.28. The third-order valence-electron chi connectivity index (χ3n) is 4.14. The summed E-state index contributed by atoms with van der Waals surface area (Å²) in [6, 6.07) is 3.95. The monoisotopic (exact) mass is 259 g/mol. The van der Waals surface area contributed by atoms with Gasteiger partial charge >= 0.3 is 0 Å². The average molecular weight is 259 g/mol. The molecule has 3 heteroatoms. The van der Waals surface area contributed by atoms with E-state index >= 15 is 0 Å². The number of piperidine rings is 1. The molecule has 0 bridgehead atoms. The molecule has 1 unspecified atom stereocenters. The van der Waals surface area contributed by atoms with Gasteiger partial charge in [0.15, 0.2) is 0 Å². The van der Waals surface area contributed by atoms with Crippen LogP contribution in [0.25, 0.3) is 0 Å². The van der Waals surface area contributed by atoms with E-state index in [0.717, 1.165) is 30.5 Å². The van der Waals surface area contributed by atoms with Gasteiger partial charge in [0.05, 0.1) is 11.9 Å². The van der Waals surface area contributed by atoms with Crippen LogP contribution in [0.3, 0.4) is 0 Å². The van der Waals surface area contributed by atoms with Crippen molar-refractivity contribution in [3.63, 3.8) is 0 Å². The maximum Gasteiger partial charge on any atom is 0.128 e. The van der Waals surface area contributed by atoms with E-state index in [0.29, 0.717) is 5.92 Å². The molecule has 1 aliphatic rings. The van der Waals surface area contributed by atoms with Gasteiger partial charge in [-0.2, -0.15) is 0 Å². The predicted octanol–water partition coefficient (Wildman–Crippen LogP) is 3.48. The van der Waals surface area contributed by atoms with E-state index in [1.807, 2.05) is 12.1 Å². The molecule has 0 amide bonds. The van der Waals surface area contributed by atoms with E-state index in [4.69, 9.17) is 5.73 Å². The number of nitrogens with two attached hydrogens (primary N) is 1. The molecule has 1 aromatic rings. The van der Waals surface area contributed by atoms with E-state index in [1.54, 1.807) is 6.20 Å². The van der Waals surface area contributed by atoms with Crippen LogP contribution in [0.2, 0.25) is 0 Å². The van der Waals surface area contributed by atoms with Gasteiger partial charge in [-0.3, -0.25) is 0 Å². The van der Waals surface area contributed by atoms with Crippen molar-refractivity contribution in [2.24, 2.45) is 11.8 Å². The van der Waals surface area contributed by atoms with Crippen molar-refractivity contribution in [2.45, 2.75) is 32.6 Å². The van der Waals surface area contributed by atoms with Crippen molar-refractivity contribution >= 4 is 11.5 Å². The number of nitrogens with zero attached hydrogens (tertiary/aromatic N) is 2. The summed E-state index contributed by atoms with van der Waals surface area (Å²) < 4.78 is 0. The van der Waals surface area contributed by atoms with Crippen molar-refractivity contribution in [1.29, 1.82) is 0 Å². The maximum atomic E-state index is 5.67. The molecule has 1 aliphatic heterocycles. The Hall–Kier alpha value is -1.51. The van der Waals surface area contributed by atoms with Crippen LogP contribution in [0, 0.1) is 11.8 Å². The summed E-state index contributed by atoms with van der Waals surface area (Å²) in [5.41, 5.74) is 6.40. The normalized spacial score (nSPS) is 18.3. The van der Waals surface area contributed by atoms with E-state index in [-0.39, 0.29) is 0 Å². The largest absolute Gasteiger partial charge is 0.397 e. The molecule has 104 valence electrons. The molecule has 1 aromatic heterocycles. The van der Waals surface area contributed by atoms with Crippen LogP contribution in [-0.2, 0) is 0 Å². The van der Waals surface area contributed by atoms with Gasteiger partial charge in [0, 0.05) is 13.1 Å². The van der Waals surface area contributed by atoms with E-state index in [2.05, 4.69) is 29.5 Å². The Kier molecular flexibility index (Phi) is 4.83. The quantitative estimate of drug-likeness (QED) is 0.823. The van der Waals surface area contributed by atoms with E-state index < -0.39 is 0 Å². The Balaban J connectivity index is 1.79. The van der Waals surface area contributed by atoms with Gasteiger partial charge < -0.3 is 10.6 Å². The summed E-state index contributed by atoms with van der Waals surface area (Å²) in [5.74, 6) is 2.58. The molecule has 0 aliphatic carbocycles. The Morgan fingerprint density at radius 1 is 1.47 bits per heavy atom. The zero-order valence-electron chi connectivity index (χ0n) is 11.9. The zero-order chi connectivity index (χ0) is 13.7. The molecule has 1 atom stereocenters. The first kappa shape index (κ1) is 13.9. The predicted molar refractivity (Wildman–Crippen MR) is 82.2 cm³/mol. The van der Waals surface area contributed by atoms with Gasteiger partial charge in [-0.05, 0) is 49.7 Å². The number of pyridine rings is 1. The highest BCUT2D eigenvalue weighted by atomic mass is 15.2. The lowest BCUT2D eigenvalue weighted by Crippen LogP contribution is -2.34.